The summed E-state index contributed by atoms with van der Waals surface area (Å²) in [4.78, 5) is 11.9. The number of amides is 1. The molecule has 25 heavy (non-hydrogen) atoms. The Hall–Kier alpha value is -2.86. The lowest BCUT2D eigenvalue weighted by molar-refractivity contribution is -0.115. The molecular weight excluding hydrogens is 336 g/mol. The molecule has 130 valence electrons. The minimum Gasteiger partial charge on any atom is -0.497 e. The summed E-state index contributed by atoms with van der Waals surface area (Å²) >= 11 is 5.14. The number of ether oxygens (including phenoxy) is 2. The van der Waals surface area contributed by atoms with Gasteiger partial charge in [0.15, 0.2) is 5.11 Å². The predicted octanol–water partition coefficient (Wildman–Crippen LogP) is 3.62. The van der Waals surface area contributed by atoms with Crippen molar-refractivity contribution in [2.75, 3.05) is 19.0 Å². The van der Waals surface area contributed by atoms with E-state index in [1.807, 2.05) is 55.5 Å². The number of carbonyl (C=O) groups is 1. The lowest BCUT2D eigenvalue weighted by atomic mass is 10.2. The maximum Gasteiger partial charge on any atom is 0.250 e. The zero-order valence-corrected chi connectivity index (χ0v) is 14.9. The van der Waals surface area contributed by atoms with E-state index in [9.17, 15) is 4.79 Å². The van der Waals surface area contributed by atoms with Crippen molar-refractivity contribution >= 4 is 35.0 Å². The van der Waals surface area contributed by atoms with Crippen LogP contribution in [0.1, 0.15) is 12.5 Å². The first-order chi connectivity index (χ1) is 12.1. The van der Waals surface area contributed by atoms with Gasteiger partial charge in [-0.1, -0.05) is 12.1 Å². The summed E-state index contributed by atoms with van der Waals surface area (Å²) in [6, 6.07) is 14.7. The van der Waals surface area contributed by atoms with Crippen LogP contribution >= 0.6 is 12.2 Å². The first-order valence-corrected chi connectivity index (χ1v) is 8.18. The van der Waals surface area contributed by atoms with Gasteiger partial charge in [-0.15, -0.1) is 0 Å². The summed E-state index contributed by atoms with van der Waals surface area (Å²) < 4.78 is 10.5. The van der Waals surface area contributed by atoms with Crippen LogP contribution in [-0.2, 0) is 4.79 Å². The van der Waals surface area contributed by atoms with Crippen LogP contribution in [-0.4, -0.2) is 24.7 Å². The summed E-state index contributed by atoms with van der Waals surface area (Å²) in [5, 5.41) is 5.78. The SMILES string of the molecule is CCOc1ccc(NC(=S)NC(=O)/C=C/c2ccc(OC)cc2)cc1. The number of benzene rings is 2. The standard InChI is InChI=1S/C19H20N2O3S/c1-3-24-17-11-7-15(8-12-17)20-19(25)21-18(22)13-6-14-4-9-16(23-2)10-5-14/h4-13H,3H2,1-2H3,(H2,20,21,22,25)/b13-6+. The summed E-state index contributed by atoms with van der Waals surface area (Å²) in [5.41, 5.74) is 1.66. The molecule has 0 aliphatic rings. The van der Waals surface area contributed by atoms with Crippen molar-refractivity contribution in [1.29, 1.82) is 0 Å². The fraction of sp³-hybridized carbons (Fsp3) is 0.158. The van der Waals surface area contributed by atoms with Gasteiger partial charge in [-0.2, -0.15) is 0 Å². The van der Waals surface area contributed by atoms with Gasteiger partial charge in [0.2, 0.25) is 5.91 Å². The van der Waals surface area contributed by atoms with Crippen LogP contribution in [0.15, 0.2) is 54.6 Å². The number of carbonyl (C=O) groups excluding carboxylic acids is 1. The van der Waals surface area contributed by atoms with Crippen molar-refractivity contribution in [3.63, 3.8) is 0 Å². The molecule has 2 aromatic rings. The van der Waals surface area contributed by atoms with Crippen LogP contribution in [0.5, 0.6) is 11.5 Å². The van der Waals surface area contributed by atoms with Crippen molar-refractivity contribution < 1.29 is 14.3 Å². The van der Waals surface area contributed by atoms with Gasteiger partial charge in [0.05, 0.1) is 13.7 Å². The van der Waals surface area contributed by atoms with Crippen molar-refractivity contribution in [3.8, 4) is 11.5 Å². The van der Waals surface area contributed by atoms with Crippen LogP contribution in [0.25, 0.3) is 6.08 Å². The predicted molar refractivity (Wildman–Crippen MR) is 104 cm³/mol. The van der Waals surface area contributed by atoms with E-state index in [0.29, 0.717) is 6.61 Å². The van der Waals surface area contributed by atoms with Crippen molar-refractivity contribution in [2.45, 2.75) is 6.92 Å². The number of methoxy groups -OCH3 is 1. The third kappa shape index (κ3) is 6.27. The number of rotatable bonds is 6. The van der Waals surface area contributed by atoms with Gasteiger partial charge < -0.3 is 14.8 Å². The highest BCUT2D eigenvalue weighted by Crippen LogP contribution is 2.15. The molecule has 2 N–H and O–H groups in total. The molecule has 1 amide bonds. The molecule has 2 aromatic carbocycles. The molecule has 0 unspecified atom stereocenters. The molecule has 0 saturated heterocycles. The number of hydrogen-bond acceptors (Lipinski definition) is 4. The maximum atomic E-state index is 11.9. The minimum atomic E-state index is -0.306. The highest BCUT2D eigenvalue weighted by atomic mass is 32.1. The largest absolute Gasteiger partial charge is 0.497 e. The molecular formula is C19H20N2O3S. The zero-order chi connectivity index (χ0) is 18.1. The normalized spacial score (nSPS) is 10.3. The average molecular weight is 356 g/mol. The molecule has 0 spiro atoms. The van der Waals surface area contributed by atoms with Gasteiger partial charge in [0, 0.05) is 11.8 Å². The fourth-order valence-corrected chi connectivity index (χ4v) is 2.22. The van der Waals surface area contributed by atoms with Crippen LogP contribution in [0.2, 0.25) is 0 Å². The summed E-state index contributed by atoms with van der Waals surface area (Å²) in [6.45, 7) is 2.54. The van der Waals surface area contributed by atoms with E-state index in [4.69, 9.17) is 21.7 Å². The maximum absolute atomic E-state index is 11.9. The van der Waals surface area contributed by atoms with Crippen LogP contribution < -0.4 is 20.1 Å². The molecule has 0 heterocycles. The van der Waals surface area contributed by atoms with Crippen LogP contribution in [0.3, 0.4) is 0 Å². The summed E-state index contributed by atoms with van der Waals surface area (Å²) in [6.07, 6.45) is 3.13. The molecule has 6 heteroatoms. The topological polar surface area (TPSA) is 59.6 Å². The third-order valence-corrected chi connectivity index (χ3v) is 3.41. The van der Waals surface area contributed by atoms with Gasteiger partial charge in [-0.25, -0.2) is 0 Å². The fourth-order valence-electron chi connectivity index (χ4n) is 2.00. The Labute approximate surface area is 152 Å². The highest BCUT2D eigenvalue weighted by molar-refractivity contribution is 7.80. The molecule has 5 nitrogen and oxygen atoms in total. The zero-order valence-electron chi connectivity index (χ0n) is 14.1. The third-order valence-electron chi connectivity index (χ3n) is 3.20. The molecule has 0 radical (unpaired) electrons. The Bertz CT molecular complexity index is 740. The Morgan fingerprint density at radius 1 is 1.08 bits per heavy atom. The summed E-state index contributed by atoms with van der Waals surface area (Å²) in [7, 11) is 1.61. The van der Waals surface area contributed by atoms with E-state index in [1.54, 1.807) is 13.2 Å². The Morgan fingerprint density at radius 2 is 1.72 bits per heavy atom. The second kappa shape index (κ2) is 9.44. The van der Waals surface area contributed by atoms with Crippen molar-refractivity contribution in [2.24, 2.45) is 0 Å². The van der Waals surface area contributed by atoms with E-state index < -0.39 is 0 Å². The first-order valence-electron chi connectivity index (χ1n) is 7.77. The lowest BCUT2D eigenvalue weighted by Gasteiger charge is -2.09. The van der Waals surface area contributed by atoms with E-state index in [1.165, 1.54) is 6.08 Å². The average Bonchev–Trinajstić information content (AvgIpc) is 2.62. The second-order valence-electron chi connectivity index (χ2n) is 5.01. The smallest absolute Gasteiger partial charge is 0.250 e. The van der Waals surface area contributed by atoms with Gasteiger partial charge in [0.1, 0.15) is 11.5 Å². The number of hydrogen-bond donors (Lipinski definition) is 2. The molecule has 0 atom stereocenters. The molecule has 0 saturated carbocycles. The Balaban J connectivity index is 1.84. The van der Waals surface area contributed by atoms with Crippen LogP contribution in [0.4, 0.5) is 5.69 Å². The Morgan fingerprint density at radius 3 is 2.32 bits per heavy atom. The van der Waals surface area contributed by atoms with Gasteiger partial charge in [0.25, 0.3) is 0 Å². The number of thiocarbonyl (C=S) groups is 1. The minimum absolute atomic E-state index is 0.230. The molecule has 0 fully saturated rings. The molecule has 0 bridgehead atoms. The molecule has 2 rings (SSSR count). The quantitative estimate of drug-likeness (QED) is 0.611. The highest BCUT2D eigenvalue weighted by Gasteiger charge is 2.02. The van der Waals surface area contributed by atoms with Crippen molar-refractivity contribution in [1.82, 2.24) is 5.32 Å². The van der Waals surface area contributed by atoms with E-state index in [-0.39, 0.29) is 11.0 Å². The molecule has 0 aromatic heterocycles. The van der Waals surface area contributed by atoms with Gasteiger partial charge in [-0.3, -0.25) is 10.1 Å². The number of anilines is 1. The van der Waals surface area contributed by atoms with Crippen molar-refractivity contribution in [3.05, 3.63) is 60.2 Å². The summed E-state index contributed by atoms with van der Waals surface area (Å²) in [5.74, 6) is 1.24. The Kier molecular flexibility index (Phi) is 6.98. The monoisotopic (exact) mass is 356 g/mol. The van der Waals surface area contributed by atoms with Crippen LogP contribution in [0, 0.1) is 0 Å². The van der Waals surface area contributed by atoms with E-state index in [0.717, 1.165) is 22.7 Å². The van der Waals surface area contributed by atoms with Gasteiger partial charge in [-0.05, 0) is 67.2 Å². The second-order valence-corrected chi connectivity index (χ2v) is 5.42. The first kappa shape index (κ1) is 18.5. The van der Waals surface area contributed by atoms with E-state index >= 15 is 0 Å². The number of nitrogens with one attached hydrogen (secondary N) is 2. The van der Waals surface area contributed by atoms with Gasteiger partial charge >= 0.3 is 0 Å². The molecule has 0 aliphatic carbocycles. The molecule has 0 aliphatic heterocycles. The van der Waals surface area contributed by atoms with E-state index in [2.05, 4.69) is 10.6 Å². The lowest BCUT2D eigenvalue weighted by Crippen LogP contribution is -2.32.